The second-order valence-electron chi connectivity index (χ2n) is 6.41. The van der Waals surface area contributed by atoms with E-state index in [0.29, 0.717) is 17.2 Å². The fourth-order valence-electron chi connectivity index (χ4n) is 3.58. The Morgan fingerprint density at radius 1 is 1.25 bits per heavy atom. The van der Waals surface area contributed by atoms with E-state index in [1.54, 1.807) is 0 Å². The number of hydrogen-bond donors (Lipinski definition) is 1. The zero-order valence-electron chi connectivity index (χ0n) is 12.2. The molecular weight excluding hydrogens is 270 g/mol. The molecule has 1 aromatic heterocycles. The lowest BCUT2D eigenvalue weighted by Gasteiger charge is -2.33. The van der Waals surface area contributed by atoms with Gasteiger partial charge in [-0.2, -0.15) is 0 Å². The summed E-state index contributed by atoms with van der Waals surface area (Å²) < 4.78 is 2.07. The number of nitrogens with two attached hydrogens (primary N) is 1. The molecule has 2 aliphatic rings. The molecule has 3 atom stereocenters. The van der Waals surface area contributed by atoms with Crippen LogP contribution in [0.5, 0.6) is 0 Å². The van der Waals surface area contributed by atoms with Gasteiger partial charge < -0.3 is 5.73 Å². The first kappa shape index (κ1) is 14.3. The lowest BCUT2D eigenvalue weighted by molar-refractivity contribution is 0.305. The van der Waals surface area contributed by atoms with Crippen molar-refractivity contribution in [2.24, 2.45) is 17.6 Å². The minimum atomic E-state index is 0.518. The van der Waals surface area contributed by atoms with Crippen LogP contribution in [0.4, 0.5) is 0 Å². The standard InChI is InChI=1S/C14H25N5S/c1-10-6-7-11(9-15)13(8-10)20-14-16-17-18-19(14)12-4-2-3-5-12/h10-13H,2-9,15H2,1H3. The van der Waals surface area contributed by atoms with E-state index < -0.39 is 0 Å². The first-order valence-electron chi connectivity index (χ1n) is 7.92. The Morgan fingerprint density at radius 2 is 2.05 bits per heavy atom. The van der Waals surface area contributed by atoms with E-state index in [4.69, 9.17) is 5.73 Å². The highest BCUT2D eigenvalue weighted by molar-refractivity contribution is 7.99. The zero-order chi connectivity index (χ0) is 13.9. The van der Waals surface area contributed by atoms with E-state index in [9.17, 15) is 0 Å². The molecule has 1 aromatic rings. The van der Waals surface area contributed by atoms with Crippen molar-refractivity contribution < 1.29 is 0 Å². The van der Waals surface area contributed by atoms with Gasteiger partial charge in [0.2, 0.25) is 5.16 Å². The van der Waals surface area contributed by atoms with Crippen LogP contribution in [-0.4, -0.2) is 32.0 Å². The van der Waals surface area contributed by atoms with Crippen molar-refractivity contribution in [3.63, 3.8) is 0 Å². The molecule has 2 fully saturated rings. The Balaban J connectivity index is 1.71. The molecule has 1 heterocycles. The second-order valence-corrected chi connectivity index (χ2v) is 7.62. The molecule has 3 rings (SSSR count). The van der Waals surface area contributed by atoms with Crippen LogP contribution in [0.15, 0.2) is 5.16 Å². The predicted molar refractivity (Wildman–Crippen MR) is 80.5 cm³/mol. The van der Waals surface area contributed by atoms with E-state index in [-0.39, 0.29) is 0 Å². The third kappa shape index (κ3) is 3.01. The highest BCUT2D eigenvalue weighted by atomic mass is 32.2. The van der Waals surface area contributed by atoms with Crippen LogP contribution in [0.1, 0.15) is 57.9 Å². The molecule has 0 saturated heterocycles. The molecule has 20 heavy (non-hydrogen) atoms. The number of rotatable bonds is 4. The van der Waals surface area contributed by atoms with Crippen molar-refractivity contribution in [1.29, 1.82) is 0 Å². The van der Waals surface area contributed by atoms with Crippen LogP contribution in [0.2, 0.25) is 0 Å². The van der Waals surface area contributed by atoms with Gasteiger partial charge in [-0.05, 0) is 54.5 Å². The van der Waals surface area contributed by atoms with E-state index in [0.717, 1.165) is 17.6 Å². The summed E-state index contributed by atoms with van der Waals surface area (Å²) in [6.45, 7) is 3.13. The maximum atomic E-state index is 5.96. The molecule has 2 aliphatic carbocycles. The highest BCUT2D eigenvalue weighted by Crippen LogP contribution is 2.40. The SMILES string of the molecule is CC1CCC(CN)C(Sc2nnnn2C2CCCC2)C1. The quantitative estimate of drug-likeness (QED) is 0.924. The average molecular weight is 295 g/mol. The number of tetrazole rings is 1. The van der Waals surface area contributed by atoms with Crippen molar-refractivity contribution in [3.8, 4) is 0 Å². The van der Waals surface area contributed by atoms with Gasteiger partial charge in [-0.25, -0.2) is 4.68 Å². The first-order chi connectivity index (χ1) is 9.78. The molecule has 0 spiro atoms. The number of hydrogen-bond acceptors (Lipinski definition) is 5. The Hall–Kier alpha value is -0.620. The van der Waals surface area contributed by atoms with E-state index >= 15 is 0 Å². The highest BCUT2D eigenvalue weighted by Gasteiger charge is 2.31. The summed E-state index contributed by atoms with van der Waals surface area (Å²) in [5.74, 6) is 1.41. The van der Waals surface area contributed by atoms with Gasteiger partial charge in [0.25, 0.3) is 0 Å². The monoisotopic (exact) mass is 295 g/mol. The molecule has 6 heteroatoms. The topological polar surface area (TPSA) is 69.6 Å². The molecule has 0 radical (unpaired) electrons. The van der Waals surface area contributed by atoms with Gasteiger partial charge in [-0.3, -0.25) is 0 Å². The molecule has 3 unspecified atom stereocenters. The van der Waals surface area contributed by atoms with Gasteiger partial charge in [0, 0.05) is 5.25 Å². The molecule has 112 valence electrons. The molecule has 5 nitrogen and oxygen atoms in total. The van der Waals surface area contributed by atoms with Crippen molar-refractivity contribution in [2.75, 3.05) is 6.54 Å². The molecule has 0 aromatic carbocycles. The maximum absolute atomic E-state index is 5.96. The van der Waals surface area contributed by atoms with E-state index in [2.05, 4.69) is 27.1 Å². The van der Waals surface area contributed by atoms with Crippen LogP contribution in [0, 0.1) is 11.8 Å². The summed E-state index contributed by atoms with van der Waals surface area (Å²) in [6.07, 6.45) is 8.86. The predicted octanol–water partition coefficient (Wildman–Crippen LogP) is 2.64. The summed E-state index contributed by atoms with van der Waals surface area (Å²) in [6, 6.07) is 0.518. The maximum Gasteiger partial charge on any atom is 0.209 e. The Morgan fingerprint density at radius 3 is 2.80 bits per heavy atom. The fraction of sp³-hybridized carbons (Fsp3) is 0.929. The third-order valence-electron chi connectivity index (χ3n) is 4.88. The summed E-state index contributed by atoms with van der Waals surface area (Å²) in [4.78, 5) is 0. The lowest BCUT2D eigenvalue weighted by Crippen LogP contribution is -2.32. The van der Waals surface area contributed by atoms with Gasteiger partial charge in [0.15, 0.2) is 0 Å². The lowest BCUT2D eigenvalue weighted by atomic mass is 9.82. The molecule has 2 N–H and O–H groups in total. The second kappa shape index (κ2) is 6.43. The molecule has 0 bridgehead atoms. The smallest absolute Gasteiger partial charge is 0.209 e. The normalized spacial score (nSPS) is 31.8. The summed E-state index contributed by atoms with van der Waals surface area (Å²) in [5, 5.41) is 14.0. The number of nitrogens with zero attached hydrogens (tertiary/aromatic N) is 4. The van der Waals surface area contributed by atoms with Crippen LogP contribution < -0.4 is 5.73 Å². The largest absolute Gasteiger partial charge is 0.330 e. The number of thioether (sulfide) groups is 1. The van der Waals surface area contributed by atoms with Crippen LogP contribution in [0.25, 0.3) is 0 Å². The molecular formula is C14H25N5S. The summed E-state index contributed by atoms with van der Waals surface area (Å²) >= 11 is 1.87. The van der Waals surface area contributed by atoms with Crippen LogP contribution >= 0.6 is 11.8 Å². The average Bonchev–Trinajstić information content (AvgIpc) is 3.09. The van der Waals surface area contributed by atoms with E-state index in [1.165, 1.54) is 44.9 Å². The third-order valence-corrected chi connectivity index (χ3v) is 6.24. The fourth-order valence-corrected chi connectivity index (χ4v) is 5.09. The number of aromatic nitrogens is 4. The van der Waals surface area contributed by atoms with Crippen molar-refractivity contribution in [1.82, 2.24) is 20.2 Å². The van der Waals surface area contributed by atoms with Gasteiger partial charge in [0.05, 0.1) is 6.04 Å². The van der Waals surface area contributed by atoms with Gasteiger partial charge in [-0.15, -0.1) is 5.10 Å². The van der Waals surface area contributed by atoms with Crippen molar-refractivity contribution >= 4 is 11.8 Å². The summed E-state index contributed by atoms with van der Waals surface area (Å²) in [7, 11) is 0. The minimum absolute atomic E-state index is 0.518. The Kier molecular flexibility index (Phi) is 4.61. The molecule has 0 aliphatic heterocycles. The molecule has 0 amide bonds. The zero-order valence-corrected chi connectivity index (χ0v) is 13.1. The summed E-state index contributed by atoms with van der Waals surface area (Å²) in [5.41, 5.74) is 5.96. The van der Waals surface area contributed by atoms with Crippen molar-refractivity contribution in [3.05, 3.63) is 0 Å². The van der Waals surface area contributed by atoms with Crippen molar-refractivity contribution in [2.45, 2.75) is 68.3 Å². The first-order valence-corrected chi connectivity index (χ1v) is 8.80. The van der Waals surface area contributed by atoms with Gasteiger partial charge in [0.1, 0.15) is 0 Å². The molecule has 2 saturated carbocycles. The van der Waals surface area contributed by atoms with Gasteiger partial charge >= 0.3 is 0 Å². The van der Waals surface area contributed by atoms with Gasteiger partial charge in [-0.1, -0.05) is 37.9 Å². The van der Waals surface area contributed by atoms with Crippen LogP contribution in [-0.2, 0) is 0 Å². The van der Waals surface area contributed by atoms with Crippen LogP contribution in [0.3, 0.4) is 0 Å². The Labute approximate surface area is 125 Å². The minimum Gasteiger partial charge on any atom is -0.330 e. The Bertz CT molecular complexity index is 429. The van der Waals surface area contributed by atoms with E-state index in [1.807, 2.05) is 11.8 Å².